The number of aromatic hydroxyl groups is 1. The standard InChI is InChI=1S/C23H17N5O2/c24-16-5-1-13(2-6-16)22(29)14-4-8-18-19(23(30)27-21(18)9-14)12-25-17-7-3-15-11-26-28-20(15)10-17/h1-12,27,30H,24H2,(H,26,28). The molecule has 0 bridgehead atoms. The van der Waals surface area contributed by atoms with E-state index in [-0.39, 0.29) is 11.7 Å². The second kappa shape index (κ2) is 6.89. The van der Waals surface area contributed by atoms with E-state index >= 15 is 0 Å². The lowest BCUT2D eigenvalue weighted by Crippen LogP contribution is -2.01. The van der Waals surface area contributed by atoms with Crippen LogP contribution in [0.3, 0.4) is 0 Å². The molecule has 146 valence electrons. The van der Waals surface area contributed by atoms with Gasteiger partial charge in [-0.25, -0.2) is 0 Å². The van der Waals surface area contributed by atoms with E-state index in [0.717, 1.165) is 22.0 Å². The lowest BCUT2D eigenvalue weighted by atomic mass is 10.0. The molecule has 2 aromatic heterocycles. The summed E-state index contributed by atoms with van der Waals surface area (Å²) < 4.78 is 0. The Bertz CT molecular complexity index is 1430. The Kier molecular flexibility index (Phi) is 4.07. The number of nitrogen functional groups attached to an aromatic ring is 1. The van der Waals surface area contributed by atoms with Crippen molar-refractivity contribution in [3.8, 4) is 5.88 Å². The van der Waals surface area contributed by atoms with Gasteiger partial charge in [0.25, 0.3) is 0 Å². The number of rotatable bonds is 4. The molecule has 0 aliphatic rings. The number of ketones is 1. The summed E-state index contributed by atoms with van der Waals surface area (Å²) in [5.74, 6) is -0.123. The highest BCUT2D eigenvalue weighted by Gasteiger charge is 2.14. The minimum atomic E-state index is -0.117. The Labute approximate surface area is 170 Å². The fourth-order valence-electron chi connectivity index (χ4n) is 3.42. The quantitative estimate of drug-likeness (QED) is 0.206. The van der Waals surface area contributed by atoms with E-state index in [4.69, 9.17) is 5.73 Å². The van der Waals surface area contributed by atoms with Crippen LogP contribution in [0.4, 0.5) is 11.4 Å². The number of fused-ring (bicyclic) bond motifs is 2. The highest BCUT2D eigenvalue weighted by Crippen LogP contribution is 2.28. The number of aromatic nitrogens is 3. The molecule has 5 rings (SSSR count). The topological polar surface area (TPSA) is 120 Å². The number of carbonyl (C=O) groups is 1. The summed E-state index contributed by atoms with van der Waals surface area (Å²) in [6.45, 7) is 0. The molecule has 30 heavy (non-hydrogen) atoms. The molecule has 0 atom stereocenters. The first-order valence-corrected chi connectivity index (χ1v) is 9.30. The van der Waals surface area contributed by atoms with Crippen LogP contribution >= 0.6 is 0 Å². The van der Waals surface area contributed by atoms with Gasteiger partial charge in [-0.3, -0.25) is 14.9 Å². The summed E-state index contributed by atoms with van der Waals surface area (Å²) in [6, 6.07) is 17.7. The molecule has 0 aliphatic heterocycles. The molecule has 7 nitrogen and oxygen atoms in total. The molecule has 5 aromatic rings. The molecule has 0 radical (unpaired) electrons. The van der Waals surface area contributed by atoms with Crippen molar-refractivity contribution in [3.63, 3.8) is 0 Å². The van der Waals surface area contributed by atoms with Crippen molar-refractivity contribution in [2.45, 2.75) is 0 Å². The summed E-state index contributed by atoms with van der Waals surface area (Å²) in [7, 11) is 0. The summed E-state index contributed by atoms with van der Waals surface area (Å²) >= 11 is 0. The van der Waals surface area contributed by atoms with Crippen molar-refractivity contribution in [1.82, 2.24) is 15.2 Å². The van der Waals surface area contributed by atoms with Crippen molar-refractivity contribution in [2.75, 3.05) is 5.73 Å². The largest absolute Gasteiger partial charge is 0.494 e. The van der Waals surface area contributed by atoms with Crippen molar-refractivity contribution >= 4 is 45.2 Å². The number of hydrogen-bond donors (Lipinski definition) is 4. The lowest BCUT2D eigenvalue weighted by Gasteiger charge is -2.02. The summed E-state index contributed by atoms with van der Waals surface area (Å²) in [6.07, 6.45) is 3.35. The maximum absolute atomic E-state index is 12.7. The minimum absolute atomic E-state index is 0.00606. The Morgan fingerprint density at radius 1 is 1.00 bits per heavy atom. The van der Waals surface area contributed by atoms with Gasteiger partial charge in [0.1, 0.15) is 0 Å². The van der Waals surface area contributed by atoms with Gasteiger partial charge in [-0.1, -0.05) is 12.1 Å². The van der Waals surface area contributed by atoms with E-state index < -0.39 is 0 Å². The zero-order valence-electron chi connectivity index (χ0n) is 15.8. The van der Waals surface area contributed by atoms with E-state index in [2.05, 4.69) is 20.2 Å². The van der Waals surface area contributed by atoms with E-state index in [9.17, 15) is 9.90 Å². The molecule has 0 unspecified atom stereocenters. The highest BCUT2D eigenvalue weighted by atomic mass is 16.3. The first-order valence-electron chi connectivity index (χ1n) is 9.30. The molecule has 0 fully saturated rings. The average Bonchev–Trinajstić information content (AvgIpc) is 3.34. The average molecular weight is 395 g/mol. The Balaban J connectivity index is 1.48. The van der Waals surface area contributed by atoms with E-state index in [1.807, 2.05) is 18.2 Å². The van der Waals surface area contributed by atoms with E-state index in [1.165, 1.54) is 0 Å². The molecule has 0 spiro atoms. The fourth-order valence-corrected chi connectivity index (χ4v) is 3.42. The van der Waals surface area contributed by atoms with E-state index in [0.29, 0.717) is 27.9 Å². The zero-order chi connectivity index (χ0) is 20.7. The minimum Gasteiger partial charge on any atom is -0.494 e. The van der Waals surface area contributed by atoms with Crippen LogP contribution in [0.1, 0.15) is 21.5 Å². The van der Waals surface area contributed by atoms with Crippen molar-refractivity contribution in [3.05, 3.63) is 83.6 Å². The third-order valence-electron chi connectivity index (χ3n) is 5.02. The molecule has 0 saturated heterocycles. The molecular weight excluding hydrogens is 378 g/mol. The van der Waals surface area contributed by atoms with Gasteiger partial charge in [0, 0.05) is 39.3 Å². The molecule has 7 heteroatoms. The third kappa shape index (κ3) is 3.08. The van der Waals surface area contributed by atoms with Crippen LogP contribution in [0.25, 0.3) is 21.8 Å². The van der Waals surface area contributed by atoms with Crippen LogP contribution in [0.15, 0.2) is 71.9 Å². The number of aliphatic imine (C=N–C) groups is 1. The van der Waals surface area contributed by atoms with Crippen molar-refractivity contribution in [1.29, 1.82) is 0 Å². The predicted octanol–water partition coefficient (Wildman–Crippen LogP) is 4.31. The molecule has 0 aliphatic carbocycles. The number of aromatic amines is 2. The number of carbonyl (C=O) groups excluding carboxylic acids is 1. The van der Waals surface area contributed by atoms with Crippen LogP contribution < -0.4 is 5.73 Å². The summed E-state index contributed by atoms with van der Waals surface area (Å²) in [5.41, 5.74) is 10.2. The van der Waals surface area contributed by atoms with Gasteiger partial charge in [-0.2, -0.15) is 5.10 Å². The number of nitrogens with zero attached hydrogens (tertiary/aromatic N) is 2. The monoisotopic (exact) mass is 395 g/mol. The number of benzene rings is 3. The van der Waals surface area contributed by atoms with Gasteiger partial charge in [0.05, 0.1) is 23.0 Å². The van der Waals surface area contributed by atoms with Gasteiger partial charge in [-0.05, 0) is 48.5 Å². The van der Waals surface area contributed by atoms with Crippen LogP contribution in [0.5, 0.6) is 5.88 Å². The fraction of sp³-hybridized carbons (Fsp3) is 0. The predicted molar refractivity (Wildman–Crippen MR) is 118 cm³/mol. The molecule has 0 amide bonds. The van der Waals surface area contributed by atoms with Crippen LogP contribution in [-0.2, 0) is 0 Å². The van der Waals surface area contributed by atoms with Gasteiger partial charge < -0.3 is 15.8 Å². The van der Waals surface area contributed by atoms with Crippen LogP contribution in [0.2, 0.25) is 0 Å². The van der Waals surface area contributed by atoms with Crippen LogP contribution in [-0.4, -0.2) is 32.3 Å². The van der Waals surface area contributed by atoms with Crippen molar-refractivity contribution < 1.29 is 9.90 Å². The van der Waals surface area contributed by atoms with Crippen LogP contribution in [0, 0.1) is 0 Å². The number of H-pyrrole nitrogens is 2. The zero-order valence-corrected chi connectivity index (χ0v) is 15.8. The molecule has 2 heterocycles. The number of nitrogens with one attached hydrogen (secondary N) is 2. The number of hydrogen-bond acceptors (Lipinski definition) is 5. The Morgan fingerprint density at radius 2 is 1.80 bits per heavy atom. The molecule has 3 aromatic carbocycles. The first-order chi connectivity index (χ1) is 14.6. The van der Waals surface area contributed by atoms with Gasteiger partial charge in [-0.15, -0.1) is 0 Å². The first kappa shape index (κ1) is 17.7. The Hall–Kier alpha value is -4.39. The number of anilines is 1. The molecule has 0 saturated carbocycles. The van der Waals surface area contributed by atoms with Gasteiger partial charge >= 0.3 is 0 Å². The molecule has 5 N–H and O–H groups in total. The highest BCUT2D eigenvalue weighted by molar-refractivity contribution is 6.12. The molecular formula is C23H17N5O2. The number of nitrogens with two attached hydrogens (primary N) is 1. The summed E-state index contributed by atoms with van der Waals surface area (Å²) in [4.78, 5) is 20.1. The second-order valence-electron chi connectivity index (χ2n) is 7.00. The SMILES string of the molecule is Nc1ccc(C(=O)c2ccc3c(C=Nc4ccc5cn[nH]c5c4)c(O)[nH]c3c2)cc1. The second-order valence-corrected chi connectivity index (χ2v) is 7.00. The summed E-state index contributed by atoms with van der Waals surface area (Å²) in [5, 5.41) is 19.0. The lowest BCUT2D eigenvalue weighted by molar-refractivity contribution is 0.103. The van der Waals surface area contributed by atoms with Gasteiger partial charge in [0.2, 0.25) is 0 Å². The van der Waals surface area contributed by atoms with Gasteiger partial charge in [0.15, 0.2) is 11.7 Å². The third-order valence-corrected chi connectivity index (χ3v) is 5.02. The van der Waals surface area contributed by atoms with Crippen molar-refractivity contribution in [2.24, 2.45) is 4.99 Å². The maximum atomic E-state index is 12.7. The normalized spacial score (nSPS) is 11.6. The van der Waals surface area contributed by atoms with E-state index in [1.54, 1.807) is 54.9 Å². The Morgan fingerprint density at radius 3 is 2.63 bits per heavy atom. The maximum Gasteiger partial charge on any atom is 0.198 e. The smallest absolute Gasteiger partial charge is 0.198 e.